The van der Waals surface area contributed by atoms with Crippen molar-refractivity contribution >= 4 is 27.5 Å². The Bertz CT molecular complexity index is 542. The summed E-state index contributed by atoms with van der Waals surface area (Å²) in [5, 5.41) is 10.8. The van der Waals surface area contributed by atoms with Crippen molar-refractivity contribution in [2.24, 2.45) is 0 Å². The molecule has 3 nitrogen and oxygen atoms in total. The molecule has 0 bridgehead atoms. The second kappa shape index (κ2) is 5.87. The van der Waals surface area contributed by atoms with Crippen LogP contribution in [0.2, 0.25) is 5.02 Å². The highest BCUT2D eigenvalue weighted by atomic mass is 79.9. The summed E-state index contributed by atoms with van der Waals surface area (Å²) in [6.45, 7) is 2.89. The van der Waals surface area contributed by atoms with Gasteiger partial charge in [-0.3, -0.25) is 0 Å². The maximum absolute atomic E-state index is 10.2. The zero-order chi connectivity index (χ0) is 13.1. The van der Waals surface area contributed by atoms with Gasteiger partial charge in [0.1, 0.15) is 5.82 Å². The Hall–Kier alpha value is -0.840. The van der Waals surface area contributed by atoms with E-state index in [1.165, 1.54) is 0 Å². The van der Waals surface area contributed by atoms with Crippen LogP contribution in [0.15, 0.2) is 35.1 Å². The number of aliphatic hydroxyl groups is 1. The zero-order valence-corrected chi connectivity index (χ0v) is 12.3. The fourth-order valence-corrected chi connectivity index (χ4v) is 2.67. The topological polar surface area (TPSA) is 38.0 Å². The summed E-state index contributed by atoms with van der Waals surface area (Å²) in [5.41, 5.74) is 0.727. The van der Waals surface area contributed by atoms with E-state index in [0.29, 0.717) is 11.4 Å². The Morgan fingerprint density at radius 1 is 1.50 bits per heavy atom. The van der Waals surface area contributed by atoms with Crippen LogP contribution < -0.4 is 0 Å². The average Bonchev–Trinajstić information content (AvgIpc) is 2.76. The number of hydrogen-bond donors (Lipinski definition) is 1. The van der Waals surface area contributed by atoms with Gasteiger partial charge in [0.15, 0.2) is 0 Å². The van der Waals surface area contributed by atoms with E-state index in [0.717, 1.165) is 22.4 Å². The Labute approximate surface area is 120 Å². The number of aryl methyl sites for hydroxylation is 1. The SMILES string of the molecule is CCn1ccnc1CC(O)c1ccc(Br)cc1Cl. The molecule has 0 saturated heterocycles. The lowest BCUT2D eigenvalue weighted by Crippen LogP contribution is -2.08. The van der Waals surface area contributed by atoms with Gasteiger partial charge in [0.05, 0.1) is 6.10 Å². The lowest BCUT2D eigenvalue weighted by atomic mass is 10.1. The number of halogens is 2. The van der Waals surface area contributed by atoms with Gasteiger partial charge in [-0.1, -0.05) is 33.6 Å². The molecule has 2 rings (SSSR count). The van der Waals surface area contributed by atoms with E-state index in [4.69, 9.17) is 11.6 Å². The summed E-state index contributed by atoms with van der Waals surface area (Å²) in [4.78, 5) is 4.25. The average molecular weight is 330 g/mol. The highest BCUT2D eigenvalue weighted by Crippen LogP contribution is 2.28. The highest BCUT2D eigenvalue weighted by molar-refractivity contribution is 9.10. The van der Waals surface area contributed by atoms with Crippen LogP contribution in [0, 0.1) is 0 Å². The van der Waals surface area contributed by atoms with Crippen LogP contribution >= 0.6 is 27.5 Å². The van der Waals surface area contributed by atoms with E-state index in [2.05, 4.69) is 20.9 Å². The number of rotatable bonds is 4. The molecule has 1 heterocycles. The smallest absolute Gasteiger partial charge is 0.111 e. The van der Waals surface area contributed by atoms with Crippen molar-refractivity contribution < 1.29 is 5.11 Å². The van der Waals surface area contributed by atoms with Crippen LogP contribution in [0.4, 0.5) is 0 Å². The first-order valence-electron chi connectivity index (χ1n) is 5.74. The first kappa shape index (κ1) is 13.6. The Kier molecular flexibility index (Phi) is 4.43. The van der Waals surface area contributed by atoms with Gasteiger partial charge in [-0.15, -0.1) is 0 Å². The molecule has 0 amide bonds. The first-order valence-corrected chi connectivity index (χ1v) is 6.92. The zero-order valence-electron chi connectivity index (χ0n) is 9.98. The Balaban J connectivity index is 2.19. The minimum Gasteiger partial charge on any atom is -0.388 e. The van der Waals surface area contributed by atoms with Crippen LogP contribution in [0.25, 0.3) is 0 Å². The second-order valence-corrected chi connectivity index (χ2v) is 5.34. The molecule has 0 aliphatic heterocycles. The van der Waals surface area contributed by atoms with Crippen LogP contribution in [0.1, 0.15) is 24.4 Å². The van der Waals surface area contributed by atoms with Gasteiger partial charge in [-0.05, 0) is 24.6 Å². The largest absolute Gasteiger partial charge is 0.388 e. The number of benzene rings is 1. The molecule has 2 aromatic rings. The van der Waals surface area contributed by atoms with Gasteiger partial charge in [-0.2, -0.15) is 0 Å². The highest BCUT2D eigenvalue weighted by Gasteiger charge is 2.15. The number of imidazole rings is 1. The molecule has 1 aromatic heterocycles. The molecule has 1 aromatic carbocycles. The van der Waals surface area contributed by atoms with Crippen LogP contribution in [0.5, 0.6) is 0 Å². The standard InChI is InChI=1S/C13H14BrClN2O/c1-2-17-6-5-16-13(17)8-12(18)10-4-3-9(14)7-11(10)15/h3-7,12,18H,2,8H2,1H3. The normalized spacial score (nSPS) is 12.7. The molecule has 0 saturated carbocycles. The predicted molar refractivity (Wildman–Crippen MR) is 75.7 cm³/mol. The quantitative estimate of drug-likeness (QED) is 0.931. The van der Waals surface area contributed by atoms with Crippen molar-refractivity contribution in [1.29, 1.82) is 0 Å². The summed E-state index contributed by atoms with van der Waals surface area (Å²) >= 11 is 9.47. The lowest BCUT2D eigenvalue weighted by molar-refractivity contribution is 0.174. The monoisotopic (exact) mass is 328 g/mol. The van der Waals surface area contributed by atoms with Gasteiger partial charge >= 0.3 is 0 Å². The molecule has 18 heavy (non-hydrogen) atoms. The molecule has 0 fully saturated rings. The van der Waals surface area contributed by atoms with Crippen molar-refractivity contribution in [2.45, 2.75) is 26.0 Å². The molecule has 0 spiro atoms. The Morgan fingerprint density at radius 2 is 2.28 bits per heavy atom. The molecule has 0 radical (unpaired) electrons. The molecule has 0 aliphatic rings. The van der Waals surface area contributed by atoms with Gasteiger partial charge in [0.2, 0.25) is 0 Å². The predicted octanol–water partition coefficient (Wildman–Crippen LogP) is 3.60. The molecule has 1 atom stereocenters. The van der Waals surface area contributed by atoms with E-state index in [1.54, 1.807) is 12.3 Å². The van der Waals surface area contributed by atoms with E-state index in [1.807, 2.05) is 29.8 Å². The first-order chi connectivity index (χ1) is 8.61. The van der Waals surface area contributed by atoms with Gasteiger partial charge < -0.3 is 9.67 Å². The summed E-state index contributed by atoms with van der Waals surface area (Å²) in [6.07, 6.45) is 3.47. The van der Waals surface area contributed by atoms with Crippen LogP contribution in [-0.4, -0.2) is 14.7 Å². The third kappa shape index (κ3) is 2.94. The molecule has 1 unspecified atom stereocenters. The van der Waals surface area contributed by atoms with Crippen molar-refractivity contribution in [3.05, 3.63) is 51.5 Å². The molecular formula is C13H14BrClN2O. The van der Waals surface area contributed by atoms with Gasteiger partial charge in [0.25, 0.3) is 0 Å². The molecule has 0 aliphatic carbocycles. The lowest BCUT2D eigenvalue weighted by Gasteiger charge is -2.13. The summed E-state index contributed by atoms with van der Waals surface area (Å²) in [6, 6.07) is 5.49. The van der Waals surface area contributed by atoms with E-state index < -0.39 is 6.10 Å². The minimum atomic E-state index is -0.640. The number of hydrogen-bond acceptors (Lipinski definition) is 2. The van der Waals surface area contributed by atoms with Crippen molar-refractivity contribution in [3.63, 3.8) is 0 Å². The minimum absolute atomic E-state index is 0.461. The number of aliphatic hydroxyl groups excluding tert-OH is 1. The summed E-state index contributed by atoms with van der Waals surface area (Å²) < 4.78 is 2.91. The van der Waals surface area contributed by atoms with E-state index in [9.17, 15) is 5.11 Å². The van der Waals surface area contributed by atoms with Crippen molar-refractivity contribution in [1.82, 2.24) is 9.55 Å². The number of nitrogens with zero attached hydrogens (tertiary/aromatic N) is 2. The Morgan fingerprint density at radius 3 is 2.94 bits per heavy atom. The van der Waals surface area contributed by atoms with Gasteiger partial charge in [0, 0.05) is 34.9 Å². The molecule has 1 N–H and O–H groups in total. The second-order valence-electron chi connectivity index (χ2n) is 4.02. The third-order valence-corrected chi connectivity index (χ3v) is 3.66. The summed E-state index contributed by atoms with van der Waals surface area (Å²) in [5.74, 6) is 0.865. The van der Waals surface area contributed by atoms with Crippen molar-refractivity contribution in [2.75, 3.05) is 0 Å². The van der Waals surface area contributed by atoms with Gasteiger partial charge in [-0.25, -0.2) is 4.98 Å². The molecule has 96 valence electrons. The van der Waals surface area contributed by atoms with Crippen molar-refractivity contribution in [3.8, 4) is 0 Å². The fraction of sp³-hybridized carbons (Fsp3) is 0.308. The third-order valence-electron chi connectivity index (χ3n) is 2.84. The van der Waals surface area contributed by atoms with E-state index in [-0.39, 0.29) is 0 Å². The maximum atomic E-state index is 10.2. The molecule has 5 heteroatoms. The van der Waals surface area contributed by atoms with Crippen LogP contribution in [0.3, 0.4) is 0 Å². The maximum Gasteiger partial charge on any atom is 0.111 e. The number of aromatic nitrogens is 2. The summed E-state index contributed by atoms with van der Waals surface area (Å²) in [7, 11) is 0. The molecular weight excluding hydrogens is 316 g/mol. The fourth-order valence-electron chi connectivity index (χ4n) is 1.87. The van der Waals surface area contributed by atoms with Crippen LogP contribution in [-0.2, 0) is 13.0 Å². The van der Waals surface area contributed by atoms with E-state index >= 15 is 0 Å².